The molecular formula is C18H21F6N5O. The lowest BCUT2D eigenvalue weighted by atomic mass is 10.1. The molecule has 0 spiro atoms. The highest BCUT2D eigenvalue weighted by atomic mass is 19.4. The number of anilines is 1. The number of nitrogens with zero attached hydrogens (tertiary/aromatic N) is 4. The summed E-state index contributed by atoms with van der Waals surface area (Å²) in [5, 5.41) is 0. The molecule has 166 valence electrons. The van der Waals surface area contributed by atoms with E-state index in [4.69, 9.17) is 5.73 Å². The summed E-state index contributed by atoms with van der Waals surface area (Å²) in [6.07, 6.45) is -6.71. The first kappa shape index (κ1) is 22.2. The Hall–Kier alpha value is -2.50. The zero-order chi connectivity index (χ0) is 22.2. The van der Waals surface area contributed by atoms with E-state index in [0.717, 1.165) is 17.0 Å². The van der Waals surface area contributed by atoms with Crippen molar-refractivity contribution in [2.24, 2.45) is 5.73 Å². The minimum atomic E-state index is -4.42. The number of nitrogens with two attached hydrogens (primary N) is 1. The van der Waals surface area contributed by atoms with Crippen LogP contribution in [0.25, 0.3) is 11.0 Å². The predicted octanol–water partition coefficient (Wildman–Crippen LogP) is 2.60. The normalized spacial score (nSPS) is 20.1. The molecule has 0 aliphatic carbocycles. The summed E-state index contributed by atoms with van der Waals surface area (Å²) in [6, 6.07) is 0.918. The summed E-state index contributed by atoms with van der Waals surface area (Å²) < 4.78 is 79.8. The first-order valence-corrected chi connectivity index (χ1v) is 9.27. The number of benzene rings is 1. The van der Waals surface area contributed by atoms with Crippen LogP contribution in [-0.2, 0) is 11.3 Å². The van der Waals surface area contributed by atoms with Gasteiger partial charge in [-0.1, -0.05) is 0 Å². The maximum absolute atomic E-state index is 13.8. The van der Waals surface area contributed by atoms with E-state index in [2.05, 4.69) is 4.98 Å². The van der Waals surface area contributed by atoms with Gasteiger partial charge in [-0.2, -0.15) is 13.2 Å². The third-order valence-electron chi connectivity index (χ3n) is 5.07. The van der Waals surface area contributed by atoms with Gasteiger partial charge in [0.1, 0.15) is 12.7 Å². The molecule has 30 heavy (non-hydrogen) atoms. The second-order valence-corrected chi connectivity index (χ2v) is 7.35. The van der Waals surface area contributed by atoms with E-state index < -0.39 is 55.4 Å². The van der Waals surface area contributed by atoms with Gasteiger partial charge in [-0.15, -0.1) is 0 Å². The van der Waals surface area contributed by atoms with Crippen LogP contribution in [0.3, 0.4) is 0 Å². The summed E-state index contributed by atoms with van der Waals surface area (Å²) in [6.45, 7) is -0.726. The zero-order valence-electron chi connectivity index (χ0n) is 16.1. The van der Waals surface area contributed by atoms with E-state index in [0.29, 0.717) is 0 Å². The summed E-state index contributed by atoms with van der Waals surface area (Å²) in [5.74, 6) is -2.82. The molecule has 0 radical (unpaired) electrons. The molecule has 0 saturated carbocycles. The number of likely N-dealkylation sites (N-methyl/N-ethyl adjacent to an activating group) is 1. The van der Waals surface area contributed by atoms with Gasteiger partial charge in [0, 0.05) is 38.8 Å². The number of halogens is 6. The summed E-state index contributed by atoms with van der Waals surface area (Å²) in [7, 11) is 1.22. The van der Waals surface area contributed by atoms with Crippen LogP contribution in [0.4, 0.5) is 32.3 Å². The van der Waals surface area contributed by atoms with E-state index in [-0.39, 0.29) is 36.5 Å². The van der Waals surface area contributed by atoms with Crippen LogP contribution >= 0.6 is 0 Å². The Bertz CT molecular complexity index is 930. The molecule has 1 fully saturated rings. The number of rotatable bonds is 5. The van der Waals surface area contributed by atoms with Crippen molar-refractivity contribution in [2.45, 2.75) is 37.8 Å². The lowest BCUT2D eigenvalue weighted by Gasteiger charge is -2.34. The number of carbonyl (C=O) groups excluding carboxylic acids is 1. The number of alkyl halides is 4. The second-order valence-electron chi connectivity index (χ2n) is 7.35. The van der Waals surface area contributed by atoms with Gasteiger partial charge in [0.2, 0.25) is 11.9 Å². The van der Waals surface area contributed by atoms with Crippen molar-refractivity contribution in [3.8, 4) is 0 Å². The Morgan fingerprint density at radius 3 is 2.60 bits per heavy atom. The van der Waals surface area contributed by atoms with Crippen molar-refractivity contribution in [3.05, 3.63) is 23.8 Å². The van der Waals surface area contributed by atoms with Gasteiger partial charge in [0.15, 0.2) is 11.6 Å². The van der Waals surface area contributed by atoms with Crippen molar-refractivity contribution < 1.29 is 31.1 Å². The fourth-order valence-electron chi connectivity index (χ4n) is 3.31. The van der Waals surface area contributed by atoms with Crippen LogP contribution in [-0.4, -0.2) is 65.4 Å². The third kappa shape index (κ3) is 4.79. The third-order valence-corrected chi connectivity index (χ3v) is 5.07. The lowest BCUT2D eigenvalue weighted by Crippen LogP contribution is -2.50. The molecule has 0 unspecified atom stereocenters. The van der Waals surface area contributed by atoms with Crippen LogP contribution < -0.4 is 10.6 Å². The van der Waals surface area contributed by atoms with E-state index >= 15 is 0 Å². The molecule has 1 amide bonds. The predicted molar refractivity (Wildman–Crippen MR) is 97.7 cm³/mol. The first-order chi connectivity index (χ1) is 14.0. The molecule has 2 atom stereocenters. The topological polar surface area (TPSA) is 67.4 Å². The van der Waals surface area contributed by atoms with Crippen LogP contribution in [0, 0.1) is 11.6 Å². The van der Waals surface area contributed by atoms with Gasteiger partial charge in [-0.05, 0) is 6.42 Å². The Balaban J connectivity index is 1.93. The van der Waals surface area contributed by atoms with Crippen LogP contribution in [0.15, 0.2) is 12.1 Å². The van der Waals surface area contributed by atoms with Gasteiger partial charge < -0.3 is 20.1 Å². The van der Waals surface area contributed by atoms with Gasteiger partial charge >= 0.3 is 6.18 Å². The van der Waals surface area contributed by atoms with Crippen molar-refractivity contribution in [3.63, 3.8) is 0 Å². The largest absolute Gasteiger partial charge is 0.390 e. The molecule has 3 rings (SSSR count). The molecule has 1 aromatic heterocycles. The van der Waals surface area contributed by atoms with Crippen molar-refractivity contribution in [1.29, 1.82) is 0 Å². The van der Waals surface area contributed by atoms with Gasteiger partial charge in [-0.3, -0.25) is 4.79 Å². The van der Waals surface area contributed by atoms with Gasteiger partial charge in [0.25, 0.3) is 0 Å². The van der Waals surface area contributed by atoms with Crippen LogP contribution in [0.1, 0.15) is 12.8 Å². The smallest absolute Gasteiger partial charge is 0.344 e. The molecule has 2 aromatic rings. The minimum Gasteiger partial charge on any atom is -0.344 e. The highest BCUT2D eigenvalue weighted by Crippen LogP contribution is 2.28. The van der Waals surface area contributed by atoms with Gasteiger partial charge in [0.05, 0.1) is 23.5 Å². The fourth-order valence-corrected chi connectivity index (χ4v) is 3.31. The molecule has 1 aliphatic heterocycles. The Kier molecular flexibility index (Phi) is 6.16. The quantitative estimate of drug-likeness (QED) is 0.731. The number of hydrogen-bond acceptors (Lipinski definition) is 4. The lowest BCUT2D eigenvalue weighted by molar-refractivity contribution is -0.144. The van der Waals surface area contributed by atoms with Crippen molar-refractivity contribution in [1.82, 2.24) is 14.5 Å². The monoisotopic (exact) mass is 437 g/mol. The van der Waals surface area contributed by atoms with E-state index in [9.17, 15) is 31.1 Å². The maximum atomic E-state index is 13.8. The molecule has 6 nitrogen and oxygen atoms in total. The van der Waals surface area contributed by atoms with Crippen molar-refractivity contribution >= 4 is 22.9 Å². The summed E-state index contributed by atoms with van der Waals surface area (Å²) in [4.78, 5) is 19.3. The Labute approximate surface area is 168 Å². The fraction of sp³-hybridized carbons (Fsp3) is 0.556. The highest BCUT2D eigenvalue weighted by molar-refractivity contribution is 5.83. The first-order valence-electron chi connectivity index (χ1n) is 9.27. The summed E-state index contributed by atoms with van der Waals surface area (Å²) in [5.41, 5.74) is 5.93. The van der Waals surface area contributed by atoms with Crippen molar-refractivity contribution in [2.75, 3.05) is 31.6 Å². The van der Waals surface area contributed by atoms with Crippen LogP contribution in [0.5, 0.6) is 0 Å². The SMILES string of the molecule is CN(CCC(F)(F)F)C(=O)Cn1c(N2CC[C@@H](F)[C@H](N)C2)nc2cc(F)c(F)cc21. The van der Waals surface area contributed by atoms with E-state index in [1.54, 1.807) is 4.90 Å². The average molecular weight is 437 g/mol. The number of amides is 1. The molecule has 1 saturated heterocycles. The minimum absolute atomic E-state index is 0.0607. The molecule has 1 aromatic carbocycles. The van der Waals surface area contributed by atoms with E-state index in [1.807, 2.05) is 0 Å². The molecule has 2 N–H and O–H groups in total. The number of aromatic nitrogens is 2. The Morgan fingerprint density at radius 2 is 1.97 bits per heavy atom. The molecular weight excluding hydrogens is 416 g/mol. The molecule has 0 bridgehead atoms. The summed E-state index contributed by atoms with van der Waals surface area (Å²) >= 11 is 0. The van der Waals surface area contributed by atoms with E-state index in [1.165, 1.54) is 11.6 Å². The van der Waals surface area contributed by atoms with Gasteiger partial charge in [-0.25, -0.2) is 18.2 Å². The molecule has 12 heteroatoms. The number of imidazole rings is 1. The average Bonchev–Trinajstić information content (AvgIpc) is 2.99. The molecule has 1 aliphatic rings. The number of piperidine rings is 1. The standard InChI is InChI=1S/C18H21F6N5O/c1-27(5-3-18(22,23)24)16(30)9-29-15-7-12(21)11(20)6-14(15)26-17(29)28-4-2-10(19)13(25)8-28/h6-7,10,13H,2-5,8-9,25H2,1H3/t10-,13-/m1/s1. The number of carbonyl (C=O) groups is 1. The Morgan fingerprint density at radius 1 is 1.30 bits per heavy atom. The maximum Gasteiger partial charge on any atom is 0.390 e. The number of fused-ring (bicyclic) bond motifs is 1. The highest BCUT2D eigenvalue weighted by Gasteiger charge is 2.31. The van der Waals surface area contributed by atoms with Crippen LogP contribution in [0.2, 0.25) is 0 Å². The molecule has 2 heterocycles. The zero-order valence-corrected chi connectivity index (χ0v) is 16.1. The second kappa shape index (κ2) is 8.32. The number of hydrogen-bond donors (Lipinski definition) is 1.